The molecule has 8 heteroatoms. The summed E-state index contributed by atoms with van der Waals surface area (Å²) in [5.41, 5.74) is -0.693. The number of carbonyl (C=O) groups is 1. The van der Waals surface area contributed by atoms with Gasteiger partial charge in [0.2, 0.25) is 10.0 Å². The van der Waals surface area contributed by atoms with Gasteiger partial charge in [-0.25, -0.2) is 22.3 Å². The molecule has 0 spiro atoms. The van der Waals surface area contributed by atoms with Gasteiger partial charge in [-0.15, -0.1) is 0 Å². The van der Waals surface area contributed by atoms with Gasteiger partial charge in [-0.2, -0.15) is 0 Å². The SMILES string of the molecule is CC(C)C(C)NC(=O)c1cc(S(N)(=O)=O)cc(F)c1F. The lowest BCUT2D eigenvalue weighted by Crippen LogP contribution is -2.36. The van der Waals surface area contributed by atoms with Crippen molar-refractivity contribution < 1.29 is 22.0 Å². The standard InChI is InChI=1S/C12H16F2N2O3S/c1-6(2)7(3)16-12(17)9-4-8(20(15,18)19)5-10(13)11(9)14/h4-7H,1-3H3,(H,16,17)(H2,15,18,19). The Morgan fingerprint density at radius 2 is 1.80 bits per heavy atom. The molecule has 0 bridgehead atoms. The predicted molar refractivity (Wildman–Crippen MR) is 69.5 cm³/mol. The van der Waals surface area contributed by atoms with E-state index in [0.29, 0.717) is 6.07 Å². The first-order valence-corrected chi connectivity index (χ1v) is 7.41. The maximum absolute atomic E-state index is 13.6. The summed E-state index contributed by atoms with van der Waals surface area (Å²) in [5.74, 6) is -3.67. The third kappa shape index (κ3) is 3.73. The summed E-state index contributed by atoms with van der Waals surface area (Å²) in [5, 5.41) is 7.31. The van der Waals surface area contributed by atoms with Crippen LogP contribution in [-0.4, -0.2) is 20.4 Å². The largest absolute Gasteiger partial charge is 0.349 e. The molecular weight excluding hydrogens is 290 g/mol. The van der Waals surface area contributed by atoms with E-state index in [1.807, 2.05) is 13.8 Å². The van der Waals surface area contributed by atoms with E-state index in [2.05, 4.69) is 5.32 Å². The lowest BCUT2D eigenvalue weighted by Gasteiger charge is -2.18. The average molecular weight is 306 g/mol. The minimum atomic E-state index is -4.23. The number of nitrogens with two attached hydrogens (primary N) is 1. The van der Waals surface area contributed by atoms with Gasteiger partial charge in [0.25, 0.3) is 5.91 Å². The summed E-state index contributed by atoms with van der Waals surface area (Å²) in [6, 6.07) is 0.867. The molecule has 1 amide bonds. The highest BCUT2D eigenvalue weighted by Crippen LogP contribution is 2.18. The Kier molecular flexibility index (Phi) is 4.82. The highest BCUT2D eigenvalue weighted by Gasteiger charge is 2.22. The van der Waals surface area contributed by atoms with Crippen molar-refractivity contribution in [2.75, 3.05) is 0 Å². The zero-order chi connectivity index (χ0) is 15.7. The minimum absolute atomic E-state index is 0.0771. The second-order valence-electron chi connectivity index (χ2n) is 4.82. The number of primary sulfonamides is 1. The highest BCUT2D eigenvalue weighted by atomic mass is 32.2. The fourth-order valence-electron chi connectivity index (χ4n) is 1.34. The van der Waals surface area contributed by atoms with Gasteiger partial charge in [0.05, 0.1) is 10.5 Å². The number of carbonyl (C=O) groups excluding carboxylic acids is 1. The molecule has 0 aliphatic heterocycles. The first-order chi connectivity index (χ1) is 9.04. The number of sulfonamides is 1. The van der Waals surface area contributed by atoms with Crippen LogP contribution < -0.4 is 10.5 Å². The highest BCUT2D eigenvalue weighted by molar-refractivity contribution is 7.89. The van der Waals surface area contributed by atoms with Gasteiger partial charge >= 0.3 is 0 Å². The van der Waals surface area contributed by atoms with Gasteiger partial charge < -0.3 is 5.32 Å². The first kappa shape index (κ1) is 16.5. The molecule has 1 aromatic carbocycles. The van der Waals surface area contributed by atoms with E-state index in [9.17, 15) is 22.0 Å². The molecule has 0 heterocycles. The van der Waals surface area contributed by atoms with Gasteiger partial charge in [-0.1, -0.05) is 13.8 Å². The van der Waals surface area contributed by atoms with E-state index in [-0.39, 0.29) is 12.0 Å². The molecule has 0 aliphatic carbocycles. The van der Waals surface area contributed by atoms with Crippen molar-refractivity contribution >= 4 is 15.9 Å². The van der Waals surface area contributed by atoms with Crippen molar-refractivity contribution in [2.45, 2.75) is 31.7 Å². The summed E-state index contributed by atoms with van der Waals surface area (Å²) in [7, 11) is -4.23. The molecule has 20 heavy (non-hydrogen) atoms. The first-order valence-electron chi connectivity index (χ1n) is 5.86. The molecule has 1 atom stereocenters. The number of benzene rings is 1. The Labute approximate surface area is 116 Å². The molecular formula is C12H16F2N2O3S. The number of hydrogen-bond acceptors (Lipinski definition) is 3. The second kappa shape index (κ2) is 5.84. The van der Waals surface area contributed by atoms with Crippen LogP contribution in [0, 0.1) is 17.6 Å². The van der Waals surface area contributed by atoms with Gasteiger partial charge in [0, 0.05) is 6.04 Å². The van der Waals surface area contributed by atoms with Gasteiger partial charge in [-0.05, 0) is 25.0 Å². The normalized spacial score (nSPS) is 13.3. The molecule has 0 saturated carbocycles. The van der Waals surface area contributed by atoms with E-state index >= 15 is 0 Å². The third-order valence-corrected chi connectivity index (χ3v) is 3.83. The van der Waals surface area contributed by atoms with Crippen LogP contribution in [0.5, 0.6) is 0 Å². The third-order valence-electron chi connectivity index (χ3n) is 2.93. The van der Waals surface area contributed by atoms with E-state index in [1.54, 1.807) is 6.92 Å². The van der Waals surface area contributed by atoms with E-state index in [1.165, 1.54) is 0 Å². The molecule has 0 fully saturated rings. The maximum Gasteiger partial charge on any atom is 0.254 e. The topological polar surface area (TPSA) is 89.3 Å². The Morgan fingerprint density at radius 1 is 1.25 bits per heavy atom. The van der Waals surface area contributed by atoms with Crippen molar-refractivity contribution in [1.82, 2.24) is 5.32 Å². The van der Waals surface area contributed by atoms with Crippen LogP contribution in [0.4, 0.5) is 8.78 Å². The fourth-order valence-corrected chi connectivity index (χ4v) is 1.89. The lowest BCUT2D eigenvalue weighted by molar-refractivity contribution is 0.0925. The summed E-state index contributed by atoms with van der Waals surface area (Å²) in [6.45, 7) is 5.37. The molecule has 0 aromatic heterocycles. The predicted octanol–water partition coefficient (Wildman–Crippen LogP) is 1.39. The molecule has 1 rings (SSSR count). The van der Waals surface area contributed by atoms with Crippen LogP contribution in [0.3, 0.4) is 0 Å². The molecule has 1 unspecified atom stereocenters. The number of hydrogen-bond donors (Lipinski definition) is 2. The van der Waals surface area contributed by atoms with Crippen molar-refractivity contribution in [3.8, 4) is 0 Å². The van der Waals surface area contributed by atoms with Crippen molar-refractivity contribution in [3.05, 3.63) is 29.3 Å². The van der Waals surface area contributed by atoms with Crippen LogP contribution in [0.25, 0.3) is 0 Å². The van der Waals surface area contributed by atoms with Gasteiger partial charge in [-0.3, -0.25) is 4.79 Å². The monoisotopic (exact) mass is 306 g/mol. The van der Waals surface area contributed by atoms with Gasteiger partial charge in [0.1, 0.15) is 0 Å². The van der Waals surface area contributed by atoms with Crippen molar-refractivity contribution in [2.24, 2.45) is 11.1 Å². The summed E-state index contributed by atoms with van der Waals surface area (Å²) >= 11 is 0. The van der Waals surface area contributed by atoms with Gasteiger partial charge in [0.15, 0.2) is 11.6 Å². The average Bonchev–Trinajstić information content (AvgIpc) is 2.30. The zero-order valence-electron chi connectivity index (χ0n) is 11.3. The Hall–Kier alpha value is -1.54. The smallest absolute Gasteiger partial charge is 0.254 e. The molecule has 0 saturated heterocycles. The van der Waals surface area contributed by atoms with Crippen LogP contribution in [0.15, 0.2) is 17.0 Å². The van der Waals surface area contributed by atoms with E-state index in [0.717, 1.165) is 6.07 Å². The van der Waals surface area contributed by atoms with Crippen LogP contribution >= 0.6 is 0 Å². The van der Waals surface area contributed by atoms with Crippen LogP contribution in [-0.2, 0) is 10.0 Å². The molecule has 5 nitrogen and oxygen atoms in total. The lowest BCUT2D eigenvalue weighted by atomic mass is 10.1. The fraction of sp³-hybridized carbons (Fsp3) is 0.417. The van der Waals surface area contributed by atoms with Crippen LogP contribution in [0.1, 0.15) is 31.1 Å². The summed E-state index contributed by atoms with van der Waals surface area (Å²) in [6.07, 6.45) is 0. The molecule has 0 aliphatic rings. The quantitative estimate of drug-likeness (QED) is 0.881. The maximum atomic E-state index is 13.6. The van der Waals surface area contributed by atoms with Crippen molar-refractivity contribution in [1.29, 1.82) is 0 Å². The molecule has 3 N–H and O–H groups in total. The van der Waals surface area contributed by atoms with E-state index < -0.39 is 38.0 Å². The molecule has 112 valence electrons. The Balaban J connectivity index is 3.24. The molecule has 1 aromatic rings. The summed E-state index contributed by atoms with van der Waals surface area (Å²) in [4.78, 5) is 11.2. The second-order valence-corrected chi connectivity index (χ2v) is 6.38. The number of rotatable bonds is 4. The minimum Gasteiger partial charge on any atom is -0.349 e. The Bertz CT molecular complexity index is 630. The van der Waals surface area contributed by atoms with E-state index in [4.69, 9.17) is 5.14 Å². The summed E-state index contributed by atoms with van der Waals surface area (Å²) < 4.78 is 49.3. The van der Waals surface area contributed by atoms with Crippen LogP contribution in [0.2, 0.25) is 0 Å². The number of nitrogens with one attached hydrogen (secondary N) is 1. The molecule has 0 radical (unpaired) electrons. The number of amides is 1. The van der Waals surface area contributed by atoms with Crippen molar-refractivity contribution in [3.63, 3.8) is 0 Å². The Morgan fingerprint density at radius 3 is 2.25 bits per heavy atom. The zero-order valence-corrected chi connectivity index (χ0v) is 12.1. The number of halogens is 2.